The van der Waals surface area contributed by atoms with Crippen LogP contribution in [0.25, 0.3) is 0 Å². The molecule has 0 aromatic heterocycles. The number of rotatable bonds is 5. The fourth-order valence-electron chi connectivity index (χ4n) is 4.09. The van der Waals surface area contributed by atoms with E-state index in [0.29, 0.717) is 6.54 Å². The molecule has 6 heteroatoms. The summed E-state index contributed by atoms with van der Waals surface area (Å²) in [5.41, 5.74) is 3.37. The Bertz CT molecular complexity index is 850. The second kappa shape index (κ2) is 7.72. The Balaban J connectivity index is 1.71. The fourth-order valence-corrected chi connectivity index (χ4v) is 4.09. The van der Waals surface area contributed by atoms with Gasteiger partial charge in [0.25, 0.3) is 0 Å². The van der Waals surface area contributed by atoms with E-state index in [1.165, 1.54) is 0 Å². The Morgan fingerprint density at radius 1 is 1.11 bits per heavy atom. The van der Waals surface area contributed by atoms with Crippen LogP contribution in [-0.2, 0) is 4.79 Å². The molecule has 148 valence electrons. The molecule has 28 heavy (non-hydrogen) atoms. The van der Waals surface area contributed by atoms with E-state index in [1.54, 1.807) is 0 Å². The number of aliphatic carboxylic acids is 1. The normalized spacial score (nSPS) is 20.0. The number of anilines is 1. The standard InChI is InChI=1S/C22H26N2O4/c1-23(2)18-8-5-15(6-9-18)21(24-11-3-4-17(13-24)22(25)26)16-7-10-19-20(12-16)28-14-27-19/h5-10,12,17,21H,3-4,11,13-14H2,1-2H3,(H,25,26). The highest BCUT2D eigenvalue weighted by atomic mass is 16.7. The highest BCUT2D eigenvalue weighted by molar-refractivity contribution is 5.70. The molecule has 2 aromatic rings. The summed E-state index contributed by atoms with van der Waals surface area (Å²) < 4.78 is 11.0. The number of likely N-dealkylation sites (tertiary alicyclic amines) is 1. The summed E-state index contributed by atoms with van der Waals surface area (Å²) in [6.45, 7) is 1.66. The predicted molar refractivity (Wildman–Crippen MR) is 107 cm³/mol. The van der Waals surface area contributed by atoms with Gasteiger partial charge < -0.3 is 19.5 Å². The summed E-state index contributed by atoms with van der Waals surface area (Å²) in [6.07, 6.45) is 1.62. The van der Waals surface area contributed by atoms with E-state index >= 15 is 0 Å². The van der Waals surface area contributed by atoms with Gasteiger partial charge in [0.2, 0.25) is 6.79 Å². The van der Waals surface area contributed by atoms with Gasteiger partial charge in [0.1, 0.15) is 0 Å². The molecule has 2 heterocycles. The molecule has 0 bridgehead atoms. The highest BCUT2D eigenvalue weighted by Crippen LogP contribution is 2.39. The van der Waals surface area contributed by atoms with Crippen molar-refractivity contribution in [1.82, 2.24) is 4.90 Å². The fraction of sp³-hybridized carbons (Fsp3) is 0.409. The molecule has 2 unspecified atom stereocenters. The lowest BCUT2D eigenvalue weighted by atomic mass is 9.91. The van der Waals surface area contributed by atoms with E-state index in [1.807, 2.05) is 26.2 Å². The van der Waals surface area contributed by atoms with Crippen molar-refractivity contribution in [2.45, 2.75) is 18.9 Å². The topological polar surface area (TPSA) is 62.2 Å². The molecular formula is C22H26N2O4. The second-order valence-electron chi connectivity index (χ2n) is 7.67. The van der Waals surface area contributed by atoms with Crippen LogP contribution in [0.3, 0.4) is 0 Å². The lowest BCUT2D eigenvalue weighted by Crippen LogP contribution is -2.41. The van der Waals surface area contributed by atoms with Crippen LogP contribution >= 0.6 is 0 Å². The summed E-state index contributed by atoms with van der Waals surface area (Å²) in [7, 11) is 4.04. The number of nitrogens with zero attached hydrogens (tertiary/aromatic N) is 2. The van der Waals surface area contributed by atoms with E-state index in [4.69, 9.17) is 9.47 Å². The molecule has 2 aliphatic rings. The number of fused-ring (bicyclic) bond motifs is 1. The SMILES string of the molecule is CN(C)c1ccc(C(c2ccc3c(c2)OCO3)N2CCCC(C(=O)O)C2)cc1. The van der Waals surface area contributed by atoms with Gasteiger partial charge in [-0.1, -0.05) is 18.2 Å². The molecular weight excluding hydrogens is 356 g/mol. The largest absolute Gasteiger partial charge is 0.481 e. The number of benzene rings is 2. The van der Waals surface area contributed by atoms with Crippen molar-refractivity contribution < 1.29 is 19.4 Å². The van der Waals surface area contributed by atoms with Gasteiger partial charge in [-0.05, 0) is 54.8 Å². The Morgan fingerprint density at radius 3 is 2.54 bits per heavy atom. The first-order valence-electron chi connectivity index (χ1n) is 9.66. The van der Waals surface area contributed by atoms with E-state index < -0.39 is 5.97 Å². The third kappa shape index (κ3) is 3.64. The number of carboxylic acid groups (broad SMARTS) is 1. The zero-order valence-corrected chi connectivity index (χ0v) is 16.3. The van der Waals surface area contributed by atoms with Crippen molar-refractivity contribution >= 4 is 11.7 Å². The minimum absolute atomic E-state index is 0.0205. The quantitative estimate of drug-likeness (QED) is 0.856. The maximum absolute atomic E-state index is 11.6. The number of hydrogen-bond donors (Lipinski definition) is 1. The predicted octanol–water partition coefficient (Wildman–Crippen LogP) is 3.37. The van der Waals surface area contributed by atoms with Crippen molar-refractivity contribution in [3.05, 3.63) is 53.6 Å². The molecule has 0 spiro atoms. The first-order valence-corrected chi connectivity index (χ1v) is 9.66. The van der Waals surface area contributed by atoms with Crippen LogP contribution in [0.5, 0.6) is 11.5 Å². The third-order valence-corrected chi connectivity index (χ3v) is 5.60. The molecule has 2 atom stereocenters. The Hall–Kier alpha value is -2.73. The number of hydrogen-bond acceptors (Lipinski definition) is 5. The van der Waals surface area contributed by atoms with Gasteiger partial charge in [-0.2, -0.15) is 0 Å². The van der Waals surface area contributed by atoms with Gasteiger partial charge in [0.05, 0.1) is 12.0 Å². The molecule has 2 aromatic carbocycles. The number of piperidine rings is 1. The minimum atomic E-state index is -0.711. The monoisotopic (exact) mass is 382 g/mol. The molecule has 2 aliphatic heterocycles. The van der Waals surface area contributed by atoms with Crippen LogP contribution in [0.1, 0.15) is 30.0 Å². The molecule has 1 N–H and O–H groups in total. The van der Waals surface area contributed by atoms with E-state index in [-0.39, 0.29) is 18.8 Å². The van der Waals surface area contributed by atoms with E-state index in [2.05, 4.69) is 40.1 Å². The van der Waals surface area contributed by atoms with E-state index in [0.717, 1.165) is 47.7 Å². The third-order valence-electron chi connectivity index (χ3n) is 5.60. The average molecular weight is 382 g/mol. The Morgan fingerprint density at radius 2 is 1.82 bits per heavy atom. The van der Waals surface area contributed by atoms with Gasteiger partial charge in [-0.3, -0.25) is 9.69 Å². The van der Waals surface area contributed by atoms with E-state index in [9.17, 15) is 9.90 Å². The van der Waals surface area contributed by atoms with Gasteiger partial charge in [0.15, 0.2) is 11.5 Å². The molecule has 0 saturated carbocycles. The summed E-state index contributed by atoms with van der Waals surface area (Å²) in [5.74, 6) is 0.468. The van der Waals surface area contributed by atoms with Crippen LogP contribution in [0, 0.1) is 5.92 Å². The van der Waals surface area contributed by atoms with Crippen LogP contribution in [0.2, 0.25) is 0 Å². The Kier molecular flexibility index (Phi) is 5.13. The van der Waals surface area contributed by atoms with Gasteiger partial charge in [0, 0.05) is 26.3 Å². The van der Waals surface area contributed by atoms with Crippen molar-refractivity contribution in [2.24, 2.45) is 5.92 Å². The zero-order valence-electron chi connectivity index (χ0n) is 16.3. The maximum Gasteiger partial charge on any atom is 0.307 e. The summed E-state index contributed by atoms with van der Waals surface area (Å²) >= 11 is 0. The van der Waals surface area contributed by atoms with Crippen LogP contribution in [0.15, 0.2) is 42.5 Å². The van der Waals surface area contributed by atoms with Crippen molar-refractivity contribution in [2.75, 3.05) is 38.9 Å². The lowest BCUT2D eigenvalue weighted by molar-refractivity contribution is -0.143. The zero-order chi connectivity index (χ0) is 19.7. The van der Waals surface area contributed by atoms with Gasteiger partial charge in [-0.15, -0.1) is 0 Å². The second-order valence-corrected chi connectivity index (χ2v) is 7.67. The molecule has 4 rings (SSSR count). The molecule has 1 saturated heterocycles. The molecule has 1 fully saturated rings. The first kappa shape index (κ1) is 18.6. The average Bonchev–Trinajstić information content (AvgIpc) is 3.17. The van der Waals surface area contributed by atoms with Crippen LogP contribution < -0.4 is 14.4 Å². The van der Waals surface area contributed by atoms with Crippen molar-refractivity contribution in [3.63, 3.8) is 0 Å². The summed E-state index contributed by atoms with van der Waals surface area (Å²) in [5, 5.41) is 9.53. The highest BCUT2D eigenvalue weighted by Gasteiger charge is 2.32. The molecule has 0 radical (unpaired) electrons. The number of carboxylic acids is 1. The smallest absolute Gasteiger partial charge is 0.307 e. The van der Waals surface area contributed by atoms with Gasteiger partial charge >= 0.3 is 5.97 Å². The van der Waals surface area contributed by atoms with Crippen molar-refractivity contribution in [3.8, 4) is 11.5 Å². The molecule has 6 nitrogen and oxygen atoms in total. The van der Waals surface area contributed by atoms with Crippen LogP contribution in [-0.4, -0.2) is 50.0 Å². The summed E-state index contributed by atoms with van der Waals surface area (Å²) in [4.78, 5) is 16.0. The summed E-state index contributed by atoms with van der Waals surface area (Å²) in [6, 6.07) is 14.5. The van der Waals surface area contributed by atoms with Gasteiger partial charge in [-0.25, -0.2) is 0 Å². The maximum atomic E-state index is 11.6. The lowest BCUT2D eigenvalue weighted by Gasteiger charge is -2.37. The number of ether oxygens (including phenoxy) is 2. The first-order chi connectivity index (χ1) is 13.5. The molecule has 0 aliphatic carbocycles. The molecule has 0 amide bonds. The van der Waals surface area contributed by atoms with Crippen LogP contribution in [0.4, 0.5) is 5.69 Å². The minimum Gasteiger partial charge on any atom is -0.481 e. The number of carbonyl (C=O) groups is 1. The Labute approximate surface area is 165 Å². The van der Waals surface area contributed by atoms with Crippen molar-refractivity contribution in [1.29, 1.82) is 0 Å².